The number of ether oxygens (including phenoxy) is 1. The van der Waals surface area contributed by atoms with E-state index >= 15 is 0 Å². The zero-order valence-corrected chi connectivity index (χ0v) is 10.9. The van der Waals surface area contributed by atoms with Crippen LogP contribution in [0.1, 0.15) is 43.9 Å². The quantitative estimate of drug-likeness (QED) is 0.634. The number of nitrogens with zero attached hydrogens (tertiary/aromatic N) is 1. The molecule has 0 bridgehead atoms. The van der Waals surface area contributed by atoms with Crippen molar-refractivity contribution in [3.8, 4) is 0 Å². The first kappa shape index (κ1) is 13.0. The molecule has 0 amide bonds. The van der Waals surface area contributed by atoms with Crippen LogP contribution in [-0.2, 0) is 11.3 Å². The van der Waals surface area contributed by atoms with Crippen LogP contribution in [0.15, 0.2) is 18.3 Å². The summed E-state index contributed by atoms with van der Waals surface area (Å²) in [6.07, 6.45) is 6.77. The second kappa shape index (κ2) is 5.96. The molecule has 0 aromatic carbocycles. The molecule has 0 aliphatic heterocycles. The van der Waals surface area contributed by atoms with Crippen molar-refractivity contribution in [3.05, 3.63) is 29.6 Å². The zero-order chi connectivity index (χ0) is 13.0. The van der Waals surface area contributed by atoms with Gasteiger partial charge in [-0.2, -0.15) is 0 Å². The molecule has 0 spiro atoms. The molecule has 3 N–H and O–H groups in total. The summed E-state index contributed by atoms with van der Waals surface area (Å²) in [5, 5.41) is 7.49. The molecule has 0 saturated heterocycles. The molecule has 1 aliphatic carbocycles. The van der Waals surface area contributed by atoms with Crippen molar-refractivity contribution >= 4 is 5.84 Å². The maximum Gasteiger partial charge on any atom is 0.142 e. The minimum absolute atomic E-state index is 0.00599. The van der Waals surface area contributed by atoms with Crippen LogP contribution in [-0.4, -0.2) is 16.9 Å². The van der Waals surface area contributed by atoms with E-state index < -0.39 is 0 Å². The van der Waals surface area contributed by atoms with Crippen molar-refractivity contribution in [2.75, 3.05) is 0 Å². The normalized spacial score (nSPS) is 23.8. The lowest BCUT2D eigenvalue weighted by atomic mass is 9.89. The van der Waals surface area contributed by atoms with Crippen LogP contribution in [0, 0.1) is 11.3 Å². The summed E-state index contributed by atoms with van der Waals surface area (Å²) in [6, 6.07) is 3.78. The lowest BCUT2D eigenvalue weighted by Gasteiger charge is -2.26. The summed E-state index contributed by atoms with van der Waals surface area (Å²) < 4.78 is 5.92. The van der Waals surface area contributed by atoms with Crippen LogP contribution in [0.25, 0.3) is 0 Å². The molecule has 1 aromatic rings. The SMILES string of the molecule is CC1CCC(OCc2cccnc2C(=N)N)CC1. The summed E-state index contributed by atoms with van der Waals surface area (Å²) in [7, 11) is 0. The van der Waals surface area contributed by atoms with Gasteiger partial charge in [0.05, 0.1) is 12.7 Å². The summed E-state index contributed by atoms with van der Waals surface area (Å²) in [5.41, 5.74) is 6.96. The number of nitrogen functional groups attached to an aromatic ring is 1. The van der Waals surface area contributed by atoms with Gasteiger partial charge in [0.2, 0.25) is 0 Å². The van der Waals surface area contributed by atoms with E-state index in [0.717, 1.165) is 24.3 Å². The molecule has 1 heterocycles. The van der Waals surface area contributed by atoms with Gasteiger partial charge >= 0.3 is 0 Å². The van der Waals surface area contributed by atoms with Crippen molar-refractivity contribution in [2.24, 2.45) is 11.7 Å². The van der Waals surface area contributed by atoms with E-state index in [4.69, 9.17) is 15.9 Å². The lowest BCUT2D eigenvalue weighted by molar-refractivity contribution is 0.00860. The molecule has 2 rings (SSSR count). The standard InChI is InChI=1S/C14H21N3O/c1-10-4-6-12(7-5-10)18-9-11-3-2-8-17-13(11)14(15)16/h2-3,8,10,12H,4-7,9H2,1H3,(H3,15,16). The average Bonchev–Trinajstić information content (AvgIpc) is 2.38. The van der Waals surface area contributed by atoms with Gasteiger partial charge < -0.3 is 10.5 Å². The Hall–Kier alpha value is -1.42. The van der Waals surface area contributed by atoms with Gasteiger partial charge in [-0.25, -0.2) is 0 Å². The minimum atomic E-state index is 0.00599. The highest BCUT2D eigenvalue weighted by atomic mass is 16.5. The molecule has 4 heteroatoms. The fraction of sp³-hybridized carbons (Fsp3) is 0.571. The number of hydrogen-bond donors (Lipinski definition) is 2. The molecule has 1 aliphatic rings. The molecule has 0 atom stereocenters. The van der Waals surface area contributed by atoms with Crippen LogP contribution in [0.4, 0.5) is 0 Å². The molecule has 98 valence electrons. The summed E-state index contributed by atoms with van der Waals surface area (Å²) >= 11 is 0. The third-order valence-electron chi connectivity index (χ3n) is 3.58. The first-order valence-corrected chi connectivity index (χ1v) is 6.56. The van der Waals surface area contributed by atoms with Gasteiger partial charge in [0, 0.05) is 11.8 Å². The summed E-state index contributed by atoms with van der Waals surface area (Å²) in [6.45, 7) is 2.80. The maximum absolute atomic E-state index is 7.49. The van der Waals surface area contributed by atoms with Crippen LogP contribution in [0.3, 0.4) is 0 Å². The number of aromatic nitrogens is 1. The number of nitrogens with two attached hydrogens (primary N) is 1. The van der Waals surface area contributed by atoms with Gasteiger partial charge in [-0.15, -0.1) is 0 Å². The Balaban J connectivity index is 1.92. The number of hydrogen-bond acceptors (Lipinski definition) is 3. The Bertz CT molecular complexity index is 411. The van der Waals surface area contributed by atoms with Crippen molar-refractivity contribution in [1.82, 2.24) is 4.98 Å². The highest BCUT2D eigenvalue weighted by Gasteiger charge is 2.19. The van der Waals surface area contributed by atoms with Gasteiger partial charge in [-0.05, 0) is 37.7 Å². The van der Waals surface area contributed by atoms with Crippen molar-refractivity contribution < 1.29 is 4.74 Å². The molecule has 1 saturated carbocycles. The lowest BCUT2D eigenvalue weighted by Crippen LogP contribution is -2.22. The van der Waals surface area contributed by atoms with Gasteiger partial charge in [0.15, 0.2) is 0 Å². The van der Waals surface area contributed by atoms with E-state index in [9.17, 15) is 0 Å². The fourth-order valence-corrected chi connectivity index (χ4v) is 2.40. The zero-order valence-electron chi connectivity index (χ0n) is 10.9. The number of rotatable bonds is 4. The molecule has 0 unspecified atom stereocenters. The number of pyridine rings is 1. The third-order valence-corrected chi connectivity index (χ3v) is 3.58. The van der Waals surface area contributed by atoms with E-state index in [1.165, 1.54) is 12.8 Å². The van der Waals surface area contributed by atoms with Gasteiger partial charge in [0.25, 0.3) is 0 Å². The molecular formula is C14H21N3O. The molecule has 18 heavy (non-hydrogen) atoms. The summed E-state index contributed by atoms with van der Waals surface area (Å²) in [5.74, 6) is 0.836. The Morgan fingerprint density at radius 2 is 2.17 bits per heavy atom. The van der Waals surface area contributed by atoms with Crippen molar-refractivity contribution in [1.29, 1.82) is 5.41 Å². The first-order chi connectivity index (χ1) is 8.66. The Kier molecular flexibility index (Phi) is 4.31. The van der Waals surface area contributed by atoms with Crippen LogP contribution >= 0.6 is 0 Å². The van der Waals surface area contributed by atoms with Crippen molar-refractivity contribution in [3.63, 3.8) is 0 Å². The molecule has 1 aromatic heterocycles. The van der Waals surface area contributed by atoms with E-state index in [2.05, 4.69) is 11.9 Å². The van der Waals surface area contributed by atoms with Crippen LogP contribution < -0.4 is 5.73 Å². The Labute approximate surface area is 108 Å². The first-order valence-electron chi connectivity index (χ1n) is 6.56. The average molecular weight is 247 g/mol. The van der Waals surface area contributed by atoms with Crippen LogP contribution in [0.2, 0.25) is 0 Å². The third kappa shape index (κ3) is 3.29. The van der Waals surface area contributed by atoms with Gasteiger partial charge in [-0.3, -0.25) is 10.4 Å². The van der Waals surface area contributed by atoms with E-state index in [1.807, 2.05) is 12.1 Å². The molecule has 0 radical (unpaired) electrons. The highest BCUT2D eigenvalue weighted by Crippen LogP contribution is 2.26. The predicted octanol–water partition coefficient (Wildman–Crippen LogP) is 2.46. The minimum Gasteiger partial charge on any atom is -0.382 e. The number of nitrogens with one attached hydrogen (secondary N) is 1. The topological polar surface area (TPSA) is 72.0 Å². The largest absolute Gasteiger partial charge is 0.382 e. The second-order valence-corrected chi connectivity index (χ2v) is 5.12. The Morgan fingerprint density at radius 3 is 2.83 bits per heavy atom. The van der Waals surface area contributed by atoms with Crippen LogP contribution in [0.5, 0.6) is 0 Å². The summed E-state index contributed by atoms with van der Waals surface area (Å²) in [4.78, 5) is 4.12. The second-order valence-electron chi connectivity index (χ2n) is 5.12. The maximum atomic E-state index is 7.49. The molecule has 4 nitrogen and oxygen atoms in total. The van der Waals surface area contributed by atoms with E-state index in [-0.39, 0.29) is 5.84 Å². The van der Waals surface area contributed by atoms with E-state index in [0.29, 0.717) is 18.4 Å². The van der Waals surface area contributed by atoms with Gasteiger partial charge in [-0.1, -0.05) is 13.0 Å². The number of amidine groups is 1. The predicted molar refractivity (Wildman–Crippen MR) is 71.5 cm³/mol. The van der Waals surface area contributed by atoms with E-state index in [1.54, 1.807) is 6.20 Å². The Morgan fingerprint density at radius 1 is 1.44 bits per heavy atom. The smallest absolute Gasteiger partial charge is 0.142 e. The fourth-order valence-electron chi connectivity index (χ4n) is 2.40. The van der Waals surface area contributed by atoms with Crippen molar-refractivity contribution in [2.45, 2.75) is 45.3 Å². The monoisotopic (exact) mass is 247 g/mol. The molecular weight excluding hydrogens is 226 g/mol. The van der Waals surface area contributed by atoms with Gasteiger partial charge in [0.1, 0.15) is 11.5 Å². The molecule has 1 fully saturated rings. The highest BCUT2D eigenvalue weighted by molar-refractivity contribution is 5.94.